The molecule has 0 saturated heterocycles. The molecule has 1 aromatic carbocycles. The summed E-state index contributed by atoms with van der Waals surface area (Å²) in [6.45, 7) is 5.15. The Morgan fingerprint density at radius 2 is 1.83 bits per heavy atom. The van der Waals surface area contributed by atoms with Crippen LogP contribution in [0.5, 0.6) is 0 Å². The maximum atomic E-state index is 4.24. The normalized spacial score (nSPS) is 11.1. The van der Waals surface area contributed by atoms with E-state index >= 15 is 0 Å². The predicted molar refractivity (Wildman–Crippen MR) is 73.0 cm³/mol. The van der Waals surface area contributed by atoms with E-state index in [-0.39, 0.29) is 0 Å². The first kappa shape index (κ1) is 12.8. The van der Waals surface area contributed by atoms with Crippen LogP contribution in [-0.2, 0) is 6.54 Å². The molecule has 0 bridgehead atoms. The van der Waals surface area contributed by atoms with Crippen molar-refractivity contribution >= 4 is 0 Å². The minimum atomic E-state index is 0.547. The summed E-state index contributed by atoms with van der Waals surface area (Å²) in [4.78, 5) is 0. The molecule has 96 valence electrons. The van der Waals surface area contributed by atoms with E-state index in [0.717, 1.165) is 36.3 Å². The molecule has 2 aromatic rings. The summed E-state index contributed by atoms with van der Waals surface area (Å²) < 4.78 is 0. The molecule has 2 N–H and O–H groups in total. The van der Waals surface area contributed by atoms with Crippen LogP contribution in [0.3, 0.4) is 0 Å². The average molecular weight is 244 g/mol. The average Bonchev–Trinajstić information content (AvgIpc) is 2.89. The Morgan fingerprint density at radius 1 is 1.11 bits per heavy atom. The van der Waals surface area contributed by atoms with Crippen molar-refractivity contribution in [2.24, 2.45) is 0 Å². The molecule has 4 heteroatoms. The van der Waals surface area contributed by atoms with Crippen LogP contribution in [0.25, 0.3) is 11.3 Å². The van der Waals surface area contributed by atoms with Crippen LogP contribution in [0.4, 0.5) is 0 Å². The van der Waals surface area contributed by atoms with Crippen molar-refractivity contribution in [2.75, 3.05) is 0 Å². The fourth-order valence-electron chi connectivity index (χ4n) is 2.02. The summed E-state index contributed by atoms with van der Waals surface area (Å²) in [5.41, 5.74) is 3.02. The summed E-state index contributed by atoms with van der Waals surface area (Å²) in [6, 6.07) is 10.7. The van der Waals surface area contributed by atoms with Gasteiger partial charge in [0.05, 0.1) is 0 Å². The molecule has 2 rings (SSSR count). The minimum absolute atomic E-state index is 0.547. The smallest absolute Gasteiger partial charge is 0.117 e. The Balaban J connectivity index is 2.09. The molecule has 0 aliphatic rings. The standard InChI is InChI=1S/C14H20N4/c1-3-12(4-2)15-10-13-14(17-18-16-13)11-8-6-5-7-9-11/h5-9,12,15H,3-4,10H2,1-2H3,(H,16,17,18). The zero-order chi connectivity index (χ0) is 12.8. The predicted octanol–water partition coefficient (Wildman–Crippen LogP) is 2.75. The second kappa shape index (κ2) is 6.31. The lowest BCUT2D eigenvalue weighted by Crippen LogP contribution is -2.27. The second-order valence-electron chi connectivity index (χ2n) is 4.38. The topological polar surface area (TPSA) is 53.6 Å². The summed E-state index contributed by atoms with van der Waals surface area (Å²) in [5.74, 6) is 0. The summed E-state index contributed by atoms with van der Waals surface area (Å²) in [5, 5.41) is 14.7. The number of hydrogen-bond donors (Lipinski definition) is 2. The molecule has 4 nitrogen and oxygen atoms in total. The summed E-state index contributed by atoms with van der Waals surface area (Å²) in [7, 11) is 0. The monoisotopic (exact) mass is 244 g/mol. The highest BCUT2D eigenvalue weighted by Crippen LogP contribution is 2.18. The van der Waals surface area contributed by atoms with Crippen molar-refractivity contribution in [2.45, 2.75) is 39.3 Å². The molecule has 0 aliphatic carbocycles. The molecule has 0 amide bonds. The fraction of sp³-hybridized carbons (Fsp3) is 0.429. The third kappa shape index (κ3) is 2.96. The fourth-order valence-corrected chi connectivity index (χ4v) is 2.02. The molecule has 18 heavy (non-hydrogen) atoms. The van der Waals surface area contributed by atoms with Crippen LogP contribution in [0.15, 0.2) is 30.3 Å². The van der Waals surface area contributed by atoms with Crippen molar-refractivity contribution in [1.29, 1.82) is 0 Å². The van der Waals surface area contributed by atoms with E-state index in [0.29, 0.717) is 6.04 Å². The highest BCUT2D eigenvalue weighted by atomic mass is 15.3. The number of rotatable bonds is 6. The molecule has 0 fully saturated rings. The number of benzene rings is 1. The van der Waals surface area contributed by atoms with Gasteiger partial charge < -0.3 is 5.32 Å². The van der Waals surface area contributed by atoms with E-state index in [2.05, 4.69) is 46.7 Å². The maximum absolute atomic E-state index is 4.24. The zero-order valence-corrected chi connectivity index (χ0v) is 11.0. The first-order chi connectivity index (χ1) is 8.85. The van der Waals surface area contributed by atoms with Crippen molar-refractivity contribution in [1.82, 2.24) is 20.7 Å². The van der Waals surface area contributed by atoms with E-state index in [9.17, 15) is 0 Å². The summed E-state index contributed by atoms with van der Waals surface area (Å²) >= 11 is 0. The van der Waals surface area contributed by atoms with Gasteiger partial charge >= 0.3 is 0 Å². The maximum Gasteiger partial charge on any atom is 0.117 e. The third-order valence-corrected chi connectivity index (χ3v) is 3.21. The number of aromatic nitrogens is 3. The van der Waals surface area contributed by atoms with Gasteiger partial charge in [-0.1, -0.05) is 44.2 Å². The lowest BCUT2D eigenvalue weighted by molar-refractivity contribution is 0.480. The van der Waals surface area contributed by atoms with Crippen LogP contribution in [0.1, 0.15) is 32.4 Å². The van der Waals surface area contributed by atoms with Gasteiger partial charge in [-0.25, -0.2) is 0 Å². The Kier molecular flexibility index (Phi) is 4.47. The van der Waals surface area contributed by atoms with Crippen molar-refractivity contribution in [3.63, 3.8) is 0 Å². The van der Waals surface area contributed by atoms with E-state index in [1.807, 2.05) is 18.2 Å². The highest BCUT2D eigenvalue weighted by Gasteiger charge is 2.11. The van der Waals surface area contributed by atoms with Gasteiger partial charge in [-0.15, -0.1) is 0 Å². The molecular formula is C14H20N4. The molecule has 0 unspecified atom stereocenters. The van der Waals surface area contributed by atoms with Gasteiger partial charge in [-0.2, -0.15) is 15.4 Å². The molecule has 0 aliphatic heterocycles. The second-order valence-corrected chi connectivity index (χ2v) is 4.38. The van der Waals surface area contributed by atoms with Gasteiger partial charge in [0, 0.05) is 18.2 Å². The van der Waals surface area contributed by atoms with Gasteiger partial charge in [0.15, 0.2) is 0 Å². The van der Waals surface area contributed by atoms with Gasteiger partial charge in [-0.3, -0.25) is 0 Å². The SMILES string of the molecule is CCC(CC)NCc1n[nH]nc1-c1ccccc1. The van der Waals surface area contributed by atoms with Gasteiger partial charge in [0.25, 0.3) is 0 Å². The van der Waals surface area contributed by atoms with Crippen LogP contribution in [0, 0.1) is 0 Å². The molecule has 0 saturated carbocycles. The molecule has 0 radical (unpaired) electrons. The molecule has 0 spiro atoms. The number of hydrogen-bond acceptors (Lipinski definition) is 3. The third-order valence-electron chi connectivity index (χ3n) is 3.21. The first-order valence-electron chi connectivity index (χ1n) is 6.53. The lowest BCUT2D eigenvalue weighted by Gasteiger charge is -2.13. The van der Waals surface area contributed by atoms with Gasteiger partial charge in [0.2, 0.25) is 0 Å². The minimum Gasteiger partial charge on any atom is -0.308 e. The van der Waals surface area contributed by atoms with Gasteiger partial charge in [-0.05, 0) is 12.8 Å². The summed E-state index contributed by atoms with van der Waals surface area (Å²) in [6.07, 6.45) is 2.27. The Morgan fingerprint density at radius 3 is 2.50 bits per heavy atom. The molecular weight excluding hydrogens is 224 g/mol. The van der Waals surface area contributed by atoms with Crippen LogP contribution in [-0.4, -0.2) is 21.5 Å². The van der Waals surface area contributed by atoms with Crippen molar-refractivity contribution < 1.29 is 0 Å². The highest BCUT2D eigenvalue weighted by molar-refractivity contribution is 5.60. The van der Waals surface area contributed by atoms with E-state index in [4.69, 9.17) is 0 Å². The van der Waals surface area contributed by atoms with Crippen molar-refractivity contribution in [3.05, 3.63) is 36.0 Å². The molecule has 0 atom stereocenters. The quantitative estimate of drug-likeness (QED) is 0.821. The van der Waals surface area contributed by atoms with E-state index in [1.54, 1.807) is 0 Å². The Labute approximate surface area is 108 Å². The largest absolute Gasteiger partial charge is 0.308 e. The lowest BCUT2D eigenvalue weighted by atomic mass is 10.1. The van der Waals surface area contributed by atoms with Crippen molar-refractivity contribution in [3.8, 4) is 11.3 Å². The Hall–Kier alpha value is -1.68. The number of nitrogens with zero attached hydrogens (tertiary/aromatic N) is 2. The number of H-pyrrole nitrogens is 1. The van der Waals surface area contributed by atoms with Crippen LogP contribution < -0.4 is 5.32 Å². The molecule has 1 aromatic heterocycles. The van der Waals surface area contributed by atoms with Gasteiger partial charge in [0.1, 0.15) is 11.4 Å². The zero-order valence-electron chi connectivity index (χ0n) is 11.0. The number of nitrogens with one attached hydrogen (secondary N) is 2. The van der Waals surface area contributed by atoms with Crippen LogP contribution in [0.2, 0.25) is 0 Å². The molecule has 1 heterocycles. The van der Waals surface area contributed by atoms with E-state index in [1.165, 1.54) is 0 Å². The Bertz CT molecular complexity index is 460. The van der Waals surface area contributed by atoms with Crippen LogP contribution >= 0.6 is 0 Å². The number of aromatic amines is 1. The van der Waals surface area contributed by atoms with E-state index < -0.39 is 0 Å². The first-order valence-corrected chi connectivity index (χ1v) is 6.53.